The number of fused-ring (bicyclic) bond motifs is 1. The lowest BCUT2D eigenvalue weighted by Crippen LogP contribution is -2.40. The molecule has 0 spiro atoms. The summed E-state index contributed by atoms with van der Waals surface area (Å²) in [6.07, 6.45) is 1.99. The molecule has 0 saturated heterocycles. The topological polar surface area (TPSA) is 60.8 Å². The molecule has 7 heteroatoms. The Bertz CT molecular complexity index is 783. The molecule has 24 heavy (non-hydrogen) atoms. The minimum absolute atomic E-state index is 0.184. The van der Waals surface area contributed by atoms with Crippen LogP contribution in [0.4, 0.5) is 0 Å². The number of hydrogen-bond acceptors (Lipinski definition) is 4. The average molecular weight is 350 g/mol. The average Bonchev–Trinajstić information content (AvgIpc) is 3.05. The third-order valence-electron chi connectivity index (χ3n) is 4.27. The summed E-state index contributed by atoms with van der Waals surface area (Å²) in [6, 6.07) is 10.3. The van der Waals surface area contributed by atoms with Crippen molar-refractivity contribution in [3.05, 3.63) is 48.3 Å². The van der Waals surface area contributed by atoms with Gasteiger partial charge in [-0.3, -0.25) is 0 Å². The maximum Gasteiger partial charge on any atom is 0.243 e. The van der Waals surface area contributed by atoms with Crippen LogP contribution in [0.3, 0.4) is 0 Å². The Labute approximate surface area is 142 Å². The molecule has 1 atom stereocenters. The molecular formula is C17H22N2O4S. The smallest absolute Gasteiger partial charge is 0.243 e. The second kappa shape index (κ2) is 6.96. The minimum atomic E-state index is -3.53. The molecule has 1 aromatic carbocycles. The number of nitrogens with zero attached hydrogens (tertiary/aromatic N) is 2. The lowest BCUT2D eigenvalue weighted by molar-refractivity contribution is 0.146. The van der Waals surface area contributed by atoms with Crippen molar-refractivity contribution < 1.29 is 17.9 Å². The first-order valence-corrected chi connectivity index (χ1v) is 9.37. The van der Waals surface area contributed by atoms with Crippen LogP contribution in [0, 0.1) is 0 Å². The summed E-state index contributed by atoms with van der Waals surface area (Å²) in [7, 11) is -1.93. The van der Waals surface area contributed by atoms with E-state index in [1.165, 1.54) is 0 Å². The highest BCUT2D eigenvalue weighted by atomic mass is 32.2. The zero-order valence-electron chi connectivity index (χ0n) is 13.9. The molecule has 1 aliphatic rings. The lowest BCUT2D eigenvalue weighted by atomic mass is 10.2. The van der Waals surface area contributed by atoms with Crippen molar-refractivity contribution in [2.45, 2.75) is 24.4 Å². The summed E-state index contributed by atoms with van der Waals surface area (Å²) < 4.78 is 40.0. The summed E-state index contributed by atoms with van der Waals surface area (Å²) in [5, 5.41) is 0. The van der Waals surface area contributed by atoms with Crippen LogP contribution in [0.25, 0.3) is 0 Å². The fourth-order valence-corrected chi connectivity index (χ4v) is 4.57. The molecule has 2 heterocycles. The molecule has 6 nitrogen and oxygen atoms in total. The van der Waals surface area contributed by atoms with Crippen LogP contribution in [-0.2, 0) is 21.3 Å². The molecule has 0 fully saturated rings. The summed E-state index contributed by atoms with van der Waals surface area (Å²) in [5.41, 5.74) is 1.02. The Hall–Kier alpha value is -1.83. The first-order chi connectivity index (χ1) is 11.5. The molecule has 0 N–H and O–H groups in total. The second-order valence-corrected chi connectivity index (χ2v) is 7.62. The minimum Gasteiger partial charge on any atom is -0.491 e. The van der Waals surface area contributed by atoms with E-state index in [0.717, 1.165) is 5.69 Å². The van der Waals surface area contributed by atoms with Crippen LogP contribution in [-0.4, -0.2) is 44.2 Å². The quantitative estimate of drug-likeness (QED) is 0.750. The third-order valence-corrected chi connectivity index (χ3v) is 6.26. The fraction of sp³-hybridized carbons (Fsp3) is 0.412. The predicted molar refractivity (Wildman–Crippen MR) is 90.6 cm³/mol. The Morgan fingerprint density at radius 1 is 1.12 bits per heavy atom. The fourth-order valence-electron chi connectivity index (χ4n) is 2.97. The van der Waals surface area contributed by atoms with Gasteiger partial charge in [-0.2, -0.15) is 4.31 Å². The normalized spacial score (nSPS) is 18.3. The summed E-state index contributed by atoms with van der Waals surface area (Å²) in [4.78, 5) is 0.286. The molecule has 0 unspecified atom stereocenters. The molecule has 0 aliphatic carbocycles. The van der Waals surface area contributed by atoms with E-state index in [1.807, 2.05) is 25.3 Å². The number of rotatable bonds is 6. The monoisotopic (exact) mass is 350 g/mol. The molecule has 1 aliphatic heterocycles. The van der Waals surface area contributed by atoms with E-state index >= 15 is 0 Å². The van der Waals surface area contributed by atoms with Crippen LogP contribution in [0.5, 0.6) is 5.75 Å². The highest BCUT2D eigenvalue weighted by Gasteiger charge is 2.33. The van der Waals surface area contributed by atoms with Gasteiger partial charge >= 0.3 is 0 Å². The van der Waals surface area contributed by atoms with Gasteiger partial charge in [0.2, 0.25) is 10.0 Å². The van der Waals surface area contributed by atoms with Gasteiger partial charge in [0, 0.05) is 32.1 Å². The largest absolute Gasteiger partial charge is 0.491 e. The Balaban J connectivity index is 1.78. The third kappa shape index (κ3) is 3.19. The lowest BCUT2D eigenvalue weighted by Gasteiger charge is -2.33. The molecule has 1 aromatic heterocycles. The summed E-state index contributed by atoms with van der Waals surface area (Å²) in [6.45, 7) is 3.99. The first-order valence-electron chi connectivity index (χ1n) is 7.92. The van der Waals surface area contributed by atoms with Gasteiger partial charge < -0.3 is 14.0 Å². The van der Waals surface area contributed by atoms with Crippen LogP contribution in [0.1, 0.15) is 18.7 Å². The van der Waals surface area contributed by atoms with Gasteiger partial charge in [0.05, 0.1) is 17.5 Å². The van der Waals surface area contributed by atoms with E-state index in [0.29, 0.717) is 32.1 Å². The maximum absolute atomic E-state index is 13.0. The van der Waals surface area contributed by atoms with Gasteiger partial charge in [0.15, 0.2) is 0 Å². The van der Waals surface area contributed by atoms with Gasteiger partial charge in [-0.15, -0.1) is 0 Å². The van der Waals surface area contributed by atoms with E-state index < -0.39 is 10.0 Å². The van der Waals surface area contributed by atoms with Gasteiger partial charge in [-0.25, -0.2) is 8.42 Å². The van der Waals surface area contributed by atoms with E-state index in [2.05, 4.69) is 4.57 Å². The van der Waals surface area contributed by atoms with Crippen LogP contribution in [0.2, 0.25) is 0 Å². The molecule has 3 rings (SSSR count). The molecule has 0 bridgehead atoms. The Morgan fingerprint density at radius 3 is 2.58 bits per heavy atom. The van der Waals surface area contributed by atoms with E-state index in [4.69, 9.17) is 9.47 Å². The number of hydrogen-bond donors (Lipinski definition) is 0. The standard InChI is InChI=1S/C17H22N2O4S/c1-14-17-4-3-9-18(17)10-11-19(14)24(20,21)16-7-5-15(6-8-16)23-13-12-22-2/h3-9,14H,10-13H2,1-2H3/t14-/m1/s1. The zero-order valence-corrected chi connectivity index (χ0v) is 14.7. The van der Waals surface area contributed by atoms with E-state index in [-0.39, 0.29) is 10.9 Å². The number of aromatic nitrogens is 1. The molecule has 2 aromatic rings. The Kier molecular flexibility index (Phi) is 4.93. The Morgan fingerprint density at radius 2 is 1.88 bits per heavy atom. The van der Waals surface area contributed by atoms with Crippen molar-refractivity contribution in [2.24, 2.45) is 0 Å². The number of ether oxygens (including phenoxy) is 2. The predicted octanol–water partition coefficient (Wildman–Crippen LogP) is 2.28. The van der Waals surface area contributed by atoms with Crippen molar-refractivity contribution in [1.29, 1.82) is 0 Å². The van der Waals surface area contributed by atoms with Gasteiger partial charge in [-0.05, 0) is 43.3 Å². The molecule has 0 amide bonds. The SMILES string of the molecule is COCCOc1ccc(S(=O)(=O)N2CCn3cccc3[C@H]2C)cc1. The van der Waals surface area contributed by atoms with Crippen LogP contribution < -0.4 is 4.74 Å². The second-order valence-electron chi connectivity index (χ2n) is 5.73. The molecule has 0 radical (unpaired) electrons. The maximum atomic E-state index is 13.0. The van der Waals surface area contributed by atoms with Crippen molar-refractivity contribution >= 4 is 10.0 Å². The van der Waals surface area contributed by atoms with Crippen molar-refractivity contribution in [1.82, 2.24) is 8.87 Å². The summed E-state index contributed by atoms with van der Waals surface area (Å²) >= 11 is 0. The van der Waals surface area contributed by atoms with Crippen molar-refractivity contribution in [2.75, 3.05) is 26.9 Å². The highest BCUT2D eigenvalue weighted by molar-refractivity contribution is 7.89. The first kappa shape index (κ1) is 17.0. The van der Waals surface area contributed by atoms with Crippen LogP contribution >= 0.6 is 0 Å². The van der Waals surface area contributed by atoms with Crippen molar-refractivity contribution in [3.63, 3.8) is 0 Å². The van der Waals surface area contributed by atoms with Gasteiger partial charge in [0.25, 0.3) is 0 Å². The number of methoxy groups -OCH3 is 1. The molecular weight excluding hydrogens is 328 g/mol. The van der Waals surface area contributed by atoms with Gasteiger partial charge in [0.1, 0.15) is 12.4 Å². The number of sulfonamides is 1. The van der Waals surface area contributed by atoms with Crippen LogP contribution in [0.15, 0.2) is 47.5 Å². The number of benzene rings is 1. The van der Waals surface area contributed by atoms with E-state index in [9.17, 15) is 8.42 Å². The summed E-state index contributed by atoms with van der Waals surface area (Å²) in [5.74, 6) is 0.631. The highest BCUT2D eigenvalue weighted by Crippen LogP contribution is 2.31. The van der Waals surface area contributed by atoms with Gasteiger partial charge in [-0.1, -0.05) is 0 Å². The van der Waals surface area contributed by atoms with Crippen molar-refractivity contribution in [3.8, 4) is 5.75 Å². The van der Waals surface area contributed by atoms with E-state index in [1.54, 1.807) is 35.7 Å². The zero-order chi connectivity index (χ0) is 17.2. The molecule has 0 saturated carbocycles. The molecule has 130 valence electrons.